The van der Waals surface area contributed by atoms with E-state index in [-0.39, 0.29) is 5.78 Å². The summed E-state index contributed by atoms with van der Waals surface area (Å²) in [5.41, 5.74) is 2.46. The summed E-state index contributed by atoms with van der Waals surface area (Å²) >= 11 is 0. The molecule has 0 amide bonds. The third kappa shape index (κ3) is 2.19. The third-order valence-corrected chi connectivity index (χ3v) is 1.94. The fourth-order valence-corrected chi connectivity index (χ4v) is 1.34. The van der Waals surface area contributed by atoms with Gasteiger partial charge in [-0.2, -0.15) is 0 Å². The molecule has 0 aliphatic heterocycles. The molecule has 12 heavy (non-hydrogen) atoms. The van der Waals surface area contributed by atoms with Crippen LogP contribution in [0.5, 0.6) is 0 Å². The zero-order valence-corrected chi connectivity index (χ0v) is 7.63. The first kappa shape index (κ1) is 8.98. The Morgan fingerprint density at radius 2 is 1.83 bits per heavy atom. The predicted molar refractivity (Wildman–Crippen MR) is 50.2 cm³/mol. The SMILES string of the molecule is CCc1ccccc1CC(C)=O. The van der Waals surface area contributed by atoms with E-state index in [9.17, 15) is 4.79 Å². The highest BCUT2D eigenvalue weighted by molar-refractivity contribution is 5.78. The van der Waals surface area contributed by atoms with Gasteiger partial charge in [-0.1, -0.05) is 31.2 Å². The molecule has 0 heterocycles. The van der Waals surface area contributed by atoms with E-state index in [0.717, 1.165) is 6.42 Å². The number of aryl methyl sites for hydroxylation is 1. The molecule has 1 nitrogen and oxygen atoms in total. The van der Waals surface area contributed by atoms with E-state index < -0.39 is 0 Å². The monoisotopic (exact) mass is 162 g/mol. The molecular weight excluding hydrogens is 148 g/mol. The van der Waals surface area contributed by atoms with Crippen LogP contribution in [0.2, 0.25) is 0 Å². The number of carbonyl (C=O) groups is 1. The molecule has 0 radical (unpaired) electrons. The molecule has 0 aliphatic carbocycles. The van der Waals surface area contributed by atoms with Gasteiger partial charge in [-0.05, 0) is 24.5 Å². The molecule has 0 saturated carbocycles. The number of rotatable bonds is 3. The standard InChI is InChI=1S/C11H14O/c1-3-10-6-4-5-7-11(10)8-9(2)12/h4-7H,3,8H2,1-2H3. The average Bonchev–Trinajstić information content (AvgIpc) is 2.04. The van der Waals surface area contributed by atoms with Crippen molar-refractivity contribution < 1.29 is 4.79 Å². The second kappa shape index (κ2) is 4.05. The summed E-state index contributed by atoms with van der Waals surface area (Å²) in [6.07, 6.45) is 1.58. The van der Waals surface area contributed by atoms with Gasteiger partial charge >= 0.3 is 0 Å². The van der Waals surface area contributed by atoms with Crippen molar-refractivity contribution in [2.24, 2.45) is 0 Å². The maximum Gasteiger partial charge on any atom is 0.134 e. The third-order valence-electron chi connectivity index (χ3n) is 1.94. The maximum atomic E-state index is 10.9. The van der Waals surface area contributed by atoms with Crippen molar-refractivity contribution in [1.29, 1.82) is 0 Å². The van der Waals surface area contributed by atoms with Gasteiger partial charge in [0.15, 0.2) is 0 Å². The number of carbonyl (C=O) groups excluding carboxylic acids is 1. The minimum atomic E-state index is 0.232. The number of Topliss-reactive ketones (excluding diaryl/α,β-unsaturated/α-hetero) is 1. The highest BCUT2D eigenvalue weighted by Crippen LogP contribution is 2.09. The van der Waals surface area contributed by atoms with Gasteiger partial charge in [-0.15, -0.1) is 0 Å². The molecule has 0 N–H and O–H groups in total. The topological polar surface area (TPSA) is 17.1 Å². The summed E-state index contributed by atoms with van der Waals surface area (Å²) in [4.78, 5) is 10.9. The summed E-state index contributed by atoms with van der Waals surface area (Å²) in [5, 5.41) is 0. The molecule has 0 unspecified atom stereocenters. The van der Waals surface area contributed by atoms with Crippen molar-refractivity contribution in [2.75, 3.05) is 0 Å². The fraction of sp³-hybridized carbons (Fsp3) is 0.364. The molecule has 0 spiro atoms. The van der Waals surface area contributed by atoms with Crippen LogP contribution >= 0.6 is 0 Å². The van der Waals surface area contributed by atoms with E-state index in [1.165, 1.54) is 11.1 Å². The molecule has 64 valence electrons. The lowest BCUT2D eigenvalue weighted by Crippen LogP contribution is -1.99. The molecule has 1 heteroatoms. The Balaban J connectivity index is 2.89. The van der Waals surface area contributed by atoms with Gasteiger partial charge in [0.25, 0.3) is 0 Å². The first-order valence-electron chi connectivity index (χ1n) is 4.30. The minimum Gasteiger partial charge on any atom is -0.300 e. The molecular formula is C11H14O. The highest BCUT2D eigenvalue weighted by atomic mass is 16.1. The van der Waals surface area contributed by atoms with Crippen LogP contribution in [0.1, 0.15) is 25.0 Å². The lowest BCUT2D eigenvalue weighted by Gasteiger charge is -2.04. The second-order valence-electron chi connectivity index (χ2n) is 3.00. The highest BCUT2D eigenvalue weighted by Gasteiger charge is 2.01. The quantitative estimate of drug-likeness (QED) is 0.667. The van der Waals surface area contributed by atoms with Crippen LogP contribution in [-0.4, -0.2) is 5.78 Å². The number of benzene rings is 1. The van der Waals surface area contributed by atoms with Crippen LogP contribution in [0.15, 0.2) is 24.3 Å². The largest absolute Gasteiger partial charge is 0.300 e. The Morgan fingerprint density at radius 3 is 2.33 bits per heavy atom. The van der Waals surface area contributed by atoms with Crippen LogP contribution in [0.4, 0.5) is 0 Å². The van der Waals surface area contributed by atoms with E-state index >= 15 is 0 Å². The van der Waals surface area contributed by atoms with Gasteiger partial charge < -0.3 is 0 Å². The average molecular weight is 162 g/mol. The second-order valence-corrected chi connectivity index (χ2v) is 3.00. The van der Waals surface area contributed by atoms with Gasteiger partial charge in [0.05, 0.1) is 0 Å². The lowest BCUT2D eigenvalue weighted by molar-refractivity contribution is -0.116. The van der Waals surface area contributed by atoms with E-state index in [1.54, 1.807) is 6.92 Å². The Labute approximate surface area is 73.4 Å². The first-order valence-corrected chi connectivity index (χ1v) is 4.30. The van der Waals surface area contributed by atoms with Gasteiger partial charge in [0, 0.05) is 6.42 Å². The Bertz CT molecular complexity index is 276. The Morgan fingerprint density at radius 1 is 1.25 bits per heavy atom. The van der Waals surface area contributed by atoms with Crippen LogP contribution < -0.4 is 0 Å². The van der Waals surface area contributed by atoms with Crippen LogP contribution in [-0.2, 0) is 17.6 Å². The van der Waals surface area contributed by atoms with Crippen molar-refractivity contribution in [3.8, 4) is 0 Å². The molecule has 1 rings (SSSR count). The summed E-state index contributed by atoms with van der Waals surface area (Å²) in [6, 6.07) is 8.11. The fourth-order valence-electron chi connectivity index (χ4n) is 1.34. The van der Waals surface area contributed by atoms with Gasteiger partial charge in [0.2, 0.25) is 0 Å². The molecule has 0 aromatic heterocycles. The molecule has 1 aromatic carbocycles. The van der Waals surface area contributed by atoms with Crippen molar-refractivity contribution in [2.45, 2.75) is 26.7 Å². The smallest absolute Gasteiger partial charge is 0.134 e. The summed E-state index contributed by atoms with van der Waals surface area (Å²) in [7, 11) is 0. The van der Waals surface area contributed by atoms with Gasteiger partial charge in [-0.3, -0.25) is 4.79 Å². The molecule has 0 bridgehead atoms. The Kier molecular flexibility index (Phi) is 3.03. The minimum absolute atomic E-state index is 0.232. The van der Waals surface area contributed by atoms with Crippen molar-refractivity contribution >= 4 is 5.78 Å². The van der Waals surface area contributed by atoms with Gasteiger partial charge in [0.1, 0.15) is 5.78 Å². The summed E-state index contributed by atoms with van der Waals surface area (Å²) < 4.78 is 0. The van der Waals surface area contributed by atoms with E-state index in [1.807, 2.05) is 18.2 Å². The normalized spacial score (nSPS) is 9.83. The Hall–Kier alpha value is -1.11. The van der Waals surface area contributed by atoms with Crippen molar-refractivity contribution in [3.63, 3.8) is 0 Å². The van der Waals surface area contributed by atoms with Crippen LogP contribution in [0, 0.1) is 0 Å². The zero-order chi connectivity index (χ0) is 8.97. The van der Waals surface area contributed by atoms with Crippen molar-refractivity contribution in [1.82, 2.24) is 0 Å². The molecule has 0 atom stereocenters. The molecule has 1 aromatic rings. The zero-order valence-electron chi connectivity index (χ0n) is 7.63. The van der Waals surface area contributed by atoms with E-state index in [0.29, 0.717) is 6.42 Å². The predicted octanol–water partition coefficient (Wildman–Crippen LogP) is 2.38. The van der Waals surface area contributed by atoms with Gasteiger partial charge in [-0.25, -0.2) is 0 Å². The number of hydrogen-bond donors (Lipinski definition) is 0. The number of ketones is 1. The molecule has 0 aliphatic rings. The lowest BCUT2D eigenvalue weighted by atomic mass is 10.0. The molecule has 0 fully saturated rings. The van der Waals surface area contributed by atoms with E-state index in [4.69, 9.17) is 0 Å². The number of hydrogen-bond acceptors (Lipinski definition) is 1. The van der Waals surface area contributed by atoms with Crippen LogP contribution in [0.3, 0.4) is 0 Å². The van der Waals surface area contributed by atoms with E-state index in [2.05, 4.69) is 13.0 Å². The summed E-state index contributed by atoms with van der Waals surface area (Å²) in [6.45, 7) is 3.74. The van der Waals surface area contributed by atoms with Crippen molar-refractivity contribution in [3.05, 3.63) is 35.4 Å². The van der Waals surface area contributed by atoms with Crippen LogP contribution in [0.25, 0.3) is 0 Å². The first-order chi connectivity index (χ1) is 5.74. The summed E-state index contributed by atoms with van der Waals surface area (Å²) in [5.74, 6) is 0.232. The maximum absolute atomic E-state index is 10.9. The molecule has 0 saturated heterocycles.